The highest BCUT2D eigenvalue weighted by Crippen LogP contribution is 2.23. The Morgan fingerprint density at radius 2 is 1.69 bits per heavy atom. The number of likely N-dealkylation sites (N-methyl/N-ethyl adjacent to an activating group) is 2. The summed E-state index contributed by atoms with van der Waals surface area (Å²) < 4.78 is 6.71. The number of hydrogen-bond acceptors (Lipinski definition) is 7. The van der Waals surface area contributed by atoms with Gasteiger partial charge >= 0.3 is 5.69 Å². The Balaban J connectivity index is 1.69. The lowest BCUT2D eigenvalue weighted by Gasteiger charge is -2.23. The Hall–Kier alpha value is -4.38. The summed E-state index contributed by atoms with van der Waals surface area (Å²) in [6.07, 6.45) is 0. The maximum Gasteiger partial charge on any atom is 0.330 e. The van der Waals surface area contributed by atoms with Crippen molar-refractivity contribution in [3.8, 4) is 5.75 Å². The van der Waals surface area contributed by atoms with E-state index >= 15 is 0 Å². The molecular weight excluding hydrogens is 464 g/mol. The number of nitrogens with zero attached hydrogens (tertiary/aromatic N) is 3. The Morgan fingerprint density at radius 1 is 1.03 bits per heavy atom. The standard InChI is InChI=1S/C25H30N6O5/c1-4-36-19-13-9-8-12-18(19)27-20(32)15-29(2)16-21(33)30(3)22-23(26)31(25(35)28-24(22)34)14-17-10-6-5-7-11-17/h5-13H,4,14-16,26H2,1-3H3,(H,27,32)(H,28,34,35). The minimum absolute atomic E-state index is 0.0839. The summed E-state index contributed by atoms with van der Waals surface area (Å²) in [4.78, 5) is 55.2. The quantitative estimate of drug-likeness (QED) is 0.383. The molecule has 0 bridgehead atoms. The van der Waals surface area contributed by atoms with E-state index in [1.807, 2.05) is 37.3 Å². The molecule has 2 aromatic carbocycles. The molecule has 3 rings (SSSR count). The van der Waals surface area contributed by atoms with Crippen molar-refractivity contribution in [2.75, 3.05) is 49.7 Å². The minimum Gasteiger partial charge on any atom is -0.492 e. The van der Waals surface area contributed by atoms with Gasteiger partial charge in [0, 0.05) is 7.05 Å². The van der Waals surface area contributed by atoms with E-state index < -0.39 is 17.2 Å². The number of nitrogens with two attached hydrogens (primary N) is 1. The zero-order valence-corrected chi connectivity index (χ0v) is 20.5. The molecule has 0 aliphatic heterocycles. The van der Waals surface area contributed by atoms with Crippen molar-refractivity contribution < 1.29 is 14.3 Å². The average molecular weight is 495 g/mol. The van der Waals surface area contributed by atoms with Gasteiger partial charge in [0.25, 0.3) is 5.56 Å². The number of aromatic amines is 1. The van der Waals surface area contributed by atoms with Crippen molar-refractivity contribution in [2.45, 2.75) is 13.5 Å². The lowest BCUT2D eigenvalue weighted by atomic mass is 10.2. The molecule has 0 saturated carbocycles. The second-order valence-electron chi connectivity index (χ2n) is 8.17. The van der Waals surface area contributed by atoms with Crippen LogP contribution in [-0.4, -0.2) is 60.1 Å². The van der Waals surface area contributed by atoms with E-state index in [4.69, 9.17) is 10.5 Å². The van der Waals surface area contributed by atoms with Gasteiger partial charge in [0.05, 0.1) is 31.9 Å². The number of para-hydroxylation sites is 2. The van der Waals surface area contributed by atoms with Crippen molar-refractivity contribution in [3.63, 3.8) is 0 Å². The minimum atomic E-state index is -0.773. The van der Waals surface area contributed by atoms with Crippen LogP contribution in [0.15, 0.2) is 64.2 Å². The van der Waals surface area contributed by atoms with Crippen molar-refractivity contribution in [2.24, 2.45) is 0 Å². The number of amides is 2. The summed E-state index contributed by atoms with van der Waals surface area (Å²) in [7, 11) is 3.00. The third-order valence-corrected chi connectivity index (χ3v) is 5.39. The molecule has 0 saturated heterocycles. The number of anilines is 3. The van der Waals surface area contributed by atoms with Gasteiger partial charge in [0.15, 0.2) is 5.69 Å². The van der Waals surface area contributed by atoms with E-state index in [0.29, 0.717) is 18.0 Å². The fraction of sp³-hybridized carbons (Fsp3) is 0.280. The molecule has 1 heterocycles. The molecule has 3 aromatic rings. The summed E-state index contributed by atoms with van der Waals surface area (Å²) in [5.74, 6) is -0.403. The third kappa shape index (κ3) is 6.39. The van der Waals surface area contributed by atoms with E-state index in [2.05, 4.69) is 10.3 Å². The number of H-pyrrole nitrogens is 1. The molecule has 0 aliphatic rings. The first-order valence-corrected chi connectivity index (χ1v) is 11.3. The summed E-state index contributed by atoms with van der Waals surface area (Å²) >= 11 is 0. The topological polar surface area (TPSA) is 143 Å². The van der Waals surface area contributed by atoms with Gasteiger partial charge in [-0.25, -0.2) is 4.79 Å². The van der Waals surface area contributed by atoms with Crippen molar-refractivity contribution in [3.05, 3.63) is 81.0 Å². The monoisotopic (exact) mass is 494 g/mol. The Bertz CT molecular complexity index is 1330. The lowest BCUT2D eigenvalue weighted by Crippen LogP contribution is -2.44. The summed E-state index contributed by atoms with van der Waals surface area (Å²) in [6, 6.07) is 16.2. The van der Waals surface area contributed by atoms with Crippen LogP contribution < -0.4 is 31.9 Å². The fourth-order valence-corrected chi connectivity index (χ4v) is 3.63. The van der Waals surface area contributed by atoms with Crippen LogP contribution in [0.25, 0.3) is 0 Å². The molecule has 0 atom stereocenters. The normalized spacial score (nSPS) is 10.8. The van der Waals surface area contributed by atoms with Gasteiger partial charge in [-0.15, -0.1) is 0 Å². The van der Waals surface area contributed by atoms with Crippen molar-refractivity contribution in [1.82, 2.24) is 14.5 Å². The molecule has 2 amide bonds. The molecule has 0 unspecified atom stereocenters. The van der Waals surface area contributed by atoms with Crippen LogP contribution in [0.1, 0.15) is 12.5 Å². The van der Waals surface area contributed by atoms with E-state index in [-0.39, 0.29) is 37.0 Å². The summed E-state index contributed by atoms with van der Waals surface area (Å²) in [5.41, 5.74) is 5.91. The molecule has 0 fully saturated rings. The average Bonchev–Trinajstić information content (AvgIpc) is 2.83. The molecule has 4 N–H and O–H groups in total. The highest BCUT2D eigenvalue weighted by atomic mass is 16.5. The molecule has 0 radical (unpaired) electrons. The molecule has 0 spiro atoms. The Labute approximate surface area is 208 Å². The van der Waals surface area contributed by atoms with Gasteiger partial charge in [0.2, 0.25) is 11.8 Å². The van der Waals surface area contributed by atoms with Crippen LogP contribution in [0.3, 0.4) is 0 Å². The predicted molar refractivity (Wildman–Crippen MR) is 138 cm³/mol. The highest BCUT2D eigenvalue weighted by molar-refractivity contribution is 5.97. The van der Waals surface area contributed by atoms with Crippen LogP contribution in [0.2, 0.25) is 0 Å². The molecular formula is C25H30N6O5. The van der Waals surface area contributed by atoms with Gasteiger partial charge in [-0.05, 0) is 31.7 Å². The number of nitrogens with one attached hydrogen (secondary N) is 2. The number of benzene rings is 2. The van der Waals surface area contributed by atoms with Gasteiger partial charge in [-0.1, -0.05) is 42.5 Å². The zero-order chi connectivity index (χ0) is 26.2. The van der Waals surface area contributed by atoms with Gasteiger partial charge in [-0.2, -0.15) is 0 Å². The fourth-order valence-electron chi connectivity index (χ4n) is 3.63. The second kappa shape index (κ2) is 11.8. The Kier molecular flexibility index (Phi) is 8.63. The van der Waals surface area contributed by atoms with Crippen LogP contribution in [0.5, 0.6) is 5.75 Å². The lowest BCUT2D eigenvalue weighted by molar-refractivity contribution is -0.120. The number of hydrogen-bond donors (Lipinski definition) is 3. The zero-order valence-electron chi connectivity index (χ0n) is 20.5. The highest BCUT2D eigenvalue weighted by Gasteiger charge is 2.22. The largest absolute Gasteiger partial charge is 0.492 e. The van der Waals surface area contributed by atoms with Crippen LogP contribution in [-0.2, 0) is 16.1 Å². The third-order valence-electron chi connectivity index (χ3n) is 5.39. The number of carbonyl (C=O) groups is 2. The first-order chi connectivity index (χ1) is 17.2. The van der Waals surface area contributed by atoms with E-state index in [9.17, 15) is 19.2 Å². The van der Waals surface area contributed by atoms with Crippen LogP contribution in [0, 0.1) is 0 Å². The maximum absolute atomic E-state index is 12.9. The van der Waals surface area contributed by atoms with Gasteiger partial charge in [-0.3, -0.25) is 28.8 Å². The molecule has 0 aliphatic carbocycles. The molecule has 190 valence electrons. The smallest absolute Gasteiger partial charge is 0.330 e. The number of nitrogen functional groups attached to an aromatic ring is 1. The number of ether oxygens (including phenoxy) is 1. The SMILES string of the molecule is CCOc1ccccc1NC(=O)CN(C)CC(=O)N(C)c1c(N)n(Cc2ccccc2)c(=O)[nH]c1=O. The molecule has 11 heteroatoms. The first kappa shape index (κ1) is 26.2. The van der Waals surface area contributed by atoms with E-state index in [1.54, 1.807) is 31.3 Å². The Morgan fingerprint density at radius 3 is 2.39 bits per heavy atom. The predicted octanol–water partition coefficient (Wildman–Crippen LogP) is 1.10. The molecule has 36 heavy (non-hydrogen) atoms. The first-order valence-electron chi connectivity index (χ1n) is 11.3. The number of rotatable bonds is 10. The summed E-state index contributed by atoms with van der Waals surface area (Å²) in [6.45, 7) is 2.17. The van der Waals surface area contributed by atoms with E-state index in [1.165, 1.54) is 16.5 Å². The second-order valence-corrected chi connectivity index (χ2v) is 8.17. The summed E-state index contributed by atoms with van der Waals surface area (Å²) in [5, 5.41) is 2.77. The van der Waals surface area contributed by atoms with Crippen molar-refractivity contribution >= 4 is 29.0 Å². The molecule has 1 aromatic heterocycles. The van der Waals surface area contributed by atoms with Gasteiger partial charge < -0.3 is 20.7 Å². The number of carbonyl (C=O) groups excluding carboxylic acids is 2. The van der Waals surface area contributed by atoms with E-state index in [0.717, 1.165) is 10.5 Å². The van der Waals surface area contributed by atoms with Crippen LogP contribution in [0.4, 0.5) is 17.2 Å². The van der Waals surface area contributed by atoms with Crippen molar-refractivity contribution in [1.29, 1.82) is 0 Å². The van der Waals surface area contributed by atoms with Crippen LogP contribution >= 0.6 is 0 Å². The van der Waals surface area contributed by atoms with Gasteiger partial charge in [0.1, 0.15) is 11.6 Å². The number of aromatic nitrogens is 2. The maximum atomic E-state index is 12.9. The molecule has 11 nitrogen and oxygen atoms in total.